The van der Waals surface area contributed by atoms with Crippen molar-refractivity contribution in [3.05, 3.63) is 75.3 Å². The molecule has 1 fully saturated rings. The molecule has 0 N–H and O–H groups in total. The summed E-state index contributed by atoms with van der Waals surface area (Å²) in [5, 5.41) is 0.982. The molecule has 3 aromatic rings. The van der Waals surface area contributed by atoms with Gasteiger partial charge < -0.3 is 9.15 Å². The van der Waals surface area contributed by atoms with E-state index in [-0.39, 0.29) is 5.91 Å². The van der Waals surface area contributed by atoms with Crippen LogP contribution in [0.2, 0.25) is 10.0 Å². The third kappa shape index (κ3) is 4.14. The molecule has 0 aliphatic carbocycles. The summed E-state index contributed by atoms with van der Waals surface area (Å²) >= 11 is 19.2. The molecule has 8 heteroatoms. The fourth-order valence-electron chi connectivity index (χ4n) is 2.98. The van der Waals surface area contributed by atoms with Gasteiger partial charge in [0.25, 0.3) is 5.91 Å². The molecule has 1 aliphatic rings. The molecule has 0 spiro atoms. The highest BCUT2D eigenvalue weighted by molar-refractivity contribution is 8.27. The second-order valence-corrected chi connectivity index (χ2v) is 8.73. The Morgan fingerprint density at radius 2 is 1.80 bits per heavy atom. The molecule has 2 aromatic carbocycles. The van der Waals surface area contributed by atoms with Crippen molar-refractivity contribution in [2.75, 3.05) is 11.5 Å². The number of carbonyl (C=O) groups excluding carboxylic acids is 1. The number of hydrogen-bond donors (Lipinski definition) is 0. The van der Waals surface area contributed by atoms with Gasteiger partial charge in [-0.1, -0.05) is 53.2 Å². The van der Waals surface area contributed by atoms with Crippen molar-refractivity contribution in [1.82, 2.24) is 0 Å². The van der Waals surface area contributed by atoms with Crippen molar-refractivity contribution >= 4 is 69.2 Å². The van der Waals surface area contributed by atoms with E-state index in [0.29, 0.717) is 48.6 Å². The van der Waals surface area contributed by atoms with E-state index in [4.69, 9.17) is 44.6 Å². The number of thiocarbonyl (C=S) groups is 1. The molecular formula is C22H15Cl2NO3S2. The fourth-order valence-corrected chi connectivity index (χ4v) is 4.84. The number of hydrogen-bond acceptors (Lipinski definition) is 5. The van der Waals surface area contributed by atoms with Gasteiger partial charge in [-0.25, -0.2) is 0 Å². The Morgan fingerprint density at radius 3 is 2.47 bits per heavy atom. The Hall–Kier alpha value is -2.25. The van der Waals surface area contributed by atoms with Gasteiger partial charge in [-0.15, -0.1) is 0 Å². The SMILES string of the molecule is CCOc1ccc(N2C(=O)/C(=C/c3ccc(-c4c(Cl)cccc4Cl)o3)SC2=S)cc1. The van der Waals surface area contributed by atoms with Gasteiger partial charge in [0.2, 0.25) is 0 Å². The van der Waals surface area contributed by atoms with E-state index in [1.807, 2.05) is 31.2 Å². The highest BCUT2D eigenvalue weighted by Gasteiger charge is 2.33. The van der Waals surface area contributed by atoms with E-state index in [1.165, 1.54) is 16.7 Å². The third-order valence-corrected chi connectivity index (χ3v) is 6.24. The molecular weight excluding hydrogens is 461 g/mol. The van der Waals surface area contributed by atoms with Crippen LogP contribution in [-0.4, -0.2) is 16.8 Å². The molecule has 4 rings (SSSR count). The van der Waals surface area contributed by atoms with Crippen LogP contribution in [0.4, 0.5) is 5.69 Å². The highest BCUT2D eigenvalue weighted by atomic mass is 35.5. The summed E-state index contributed by atoms with van der Waals surface area (Å²) in [6.07, 6.45) is 1.67. The minimum absolute atomic E-state index is 0.206. The highest BCUT2D eigenvalue weighted by Crippen LogP contribution is 2.39. The standard InChI is InChI=1S/C22H15Cl2NO3S2/c1-2-27-14-8-6-13(7-9-14)25-21(26)19(30-22(25)29)12-15-10-11-18(28-15)20-16(23)4-3-5-17(20)24/h3-12H,2H2,1H3/b19-12-. The third-order valence-electron chi connectivity index (χ3n) is 4.31. The van der Waals surface area contributed by atoms with Crippen molar-refractivity contribution in [3.63, 3.8) is 0 Å². The maximum atomic E-state index is 13.0. The molecule has 0 unspecified atom stereocenters. The molecule has 1 saturated heterocycles. The maximum absolute atomic E-state index is 13.0. The largest absolute Gasteiger partial charge is 0.494 e. The first-order chi connectivity index (χ1) is 14.5. The predicted molar refractivity (Wildman–Crippen MR) is 127 cm³/mol. The molecule has 2 heterocycles. The summed E-state index contributed by atoms with van der Waals surface area (Å²) in [5.74, 6) is 1.57. The van der Waals surface area contributed by atoms with Crippen molar-refractivity contribution in [2.24, 2.45) is 0 Å². The van der Waals surface area contributed by atoms with Crippen LogP contribution in [0.25, 0.3) is 17.4 Å². The summed E-state index contributed by atoms with van der Waals surface area (Å²) in [4.78, 5) is 14.9. The normalized spacial score (nSPS) is 15.3. The summed E-state index contributed by atoms with van der Waals surface area (Å²) in [6, 6.07) is 16.0. The smallest absolute Gasteiger partial charge is 0.270 e. The zero-order valence-corrected chi connectivity index (χ0v) is 18.9. The lowest BCUT2D eigenvalue weighted by Crippen LogP contribution is -2.27. The topological polar surface area (TPSA) is 42.7 Å². The predicted octanol–water partition coefficient (Wildman–Crippen LogP) is 7.06. The van der Waals surface area contributed by atoms with Crippen molar-refractivity contribution in [1.29, 1.82) is 0 Å². The zero-order valence-electron chi connectivity index (χ0n) is 15.7. The molecule has 0 atom stereocenters. The molecule has 1 amide bonds. The van der Waals surface area contributed by atoms with Gasteiger partial charge >= 0.3 is 0 Å². The van der Waals surface area contributed by atoms with Gasteiger partial charge in [-0.05, 0) is 55.5 Å². The van der Waals surface area contributed by atoms with Gasteiger partial charge in [0.1, 0.15) is 17.3 Å². The summed E-state index contributed by atoms with van der Waals surface area (Å²) in [5.41, 5.74) is 1.30. The number of amides is 1. The van der Waals surface area contributed by atoms with Crippen LogP contribution in [0.3, 0.4) is 0 Å². The number of ether oxygens (including phenoxy) is 1. The molecule has 4 nitrogen and oxygen atoms in total. The fraction of sp³-hybridized carbons (Fsp3) is 0.0909. The first-order valence-electron chi connectivity index (χ1n) is 9.03. The number of anilines is 1. The number of thioether (sulfide) groups is 1. The van der Waals surface area contributed by atoms with E-state index in [9.17, 15) is 4.79 Å². The Labute approximate surface area is 193 Å². The second-order valence-electron chi connectivity index (χ2n) is 6.24. The minimum Gasteiger partial charge on any atom is -0.494 e. The van der Waals surface area contributed by atoms with Crippen LogP contribution < -0.4 is 9.64 Å². The maximum Gasteiger partial charge on any atom is 0.270 e. The number of halogens is 2. The zero-order chi connectivity index (χ0) is 21.3. The monoisotopic (exact) mass is 475 g/mol. The second kappa shape index (κ2) is 8.86. The Balaban J connectivity index is 1.59. The van der Waals surface area contributed by atoms with E-state index < -0.39 is 0 Å². The first kappa shape index (κ1) is 21.0. The van der Waals surface area contributed by atoms with E-state index in [2.05, 4.69) is 0 Å². The summed E-state index contributed by atoms with van der Waals surface area (Å²) in [7, 11) is 0. The number of carbonyl (C=O) groups is 1. The van der Waals surface area contributed by atoms with Crippen LogP contribution in [0.1, 0.15) is 12.7 Å². The number of furan rings is 1. The Morgan fingerprint density at radius 1 is 1.10 bits per heavy atom. The molecule has 152 valence electrons. The lowest BCUT2D eigenvalue weighted by atomic mass is 10.2. The molecule has 30 heavy (non-hydrogen) atoms. The van der Waals surface area contributed by atoms with Crippen molar-refractivity contribution in [3.8, 4) is 17.1 Å². The Kier molecular flexibility index (Phi) is 6.20. The van der Waals surface area contributed by atoms with Crippen molar-refractivity contribution in [2.45, 2.75) is 6.92 Å². The Bertz CT molecular complexity index is 1140. The average Bonchev–Trinajstić information content (AvgIpc) is 3.27. The number of rotatable bonds is 5. The van der Waals surface area contributed by atoms with Crippen LogP contribution in [0.15, 0.2) is 63.9 Å². The van der Waals surface area contributed by atoms with Gasteiger partial charge in [0.05, 0.1) is 32.8 Å². The van der Waals surface area contributed by atoms with Crippen LogP contribution in [0, 0.1) is 0 Å². The number of nitrogens with zero attached hydrogens (tertiary/aromatic N) is 1. The summed E-state index contributed by atoms with van der Waals surface area (Å²) in [6.45, 7) is 2.49. The lowest BCUT2D eigenvalue weighted by Gasteiger charge is -2.15. The van der Waals surface area contributed by atoms with Gasteiger partial charge in [0, 0.05) is 6.08 Å². The summed E-state index contributed by atoms with van der Waals surface area (Å²) < 4.78 is 11.8. The molecule has 0 saturated carbocycles. The quantitative estimate of drug-likeness (QED) is 0.291. The molecule has 1 aliphatic heterocycles. The van der Waals surface area contributed by atoms with Crippen LogP contribution in [-0.2, 0) is 4.79 Å². The van der Waals surface area contributed by atoms with E-state index in [0.717, 1.165) is 5.75 Å². The van der Waals surface area contributed by atoms with Crippen LogP contribution >= 0.6 is 47.2 Å². The van der Waals surface area contributed by atoms with Gasteiger partial charge in [-0.2, -0.15) is 0 Å². The van der Waals surface area contributed by atoms with Gasteiger partial charge in [-0.3, -0.25) is 9.69 Å². The van der Waals surface area contributed by atoms with Crippen molar-refractivity contribution < 1.29 is 13.9 Å². The lowest BCUT2D eigenvalue weighted by molar-refractivity contribution is -0.113. The molecule has 0 bridgehead atoms. The first-order valence-corrected chi connectivity index (χ1v) is 11.0. The molecule has 0 radical (unpaired) electrons. The van der Waals surface area contributed by atoms with E-state index in [1.54, 1.807) is 36.4 Å². The van der Waals surface area contributed by atoms with E-state index >= 15 is 0 Å². The number of benzene rings is 2. The average molecular weight is 476 g/mol. The van der Waals surface area contributed by atoms with Crippen LogP contribution in [0.5, 0.6) is 5.75 Å². The van der Waals surface area contributed by atoms with Gasteiger partial charge in [0.15, 0.2) is 4.32 Å². The minimum atomic E-state index is -0.206. The molecule has 1 aromatic heterocycles.